The number of aromatic hydroxyl groups is 1. The maximum Gasteiger partial charge on any atom is 0.270 e. The number of anilines is 1. The first kappa shape index (κ1) is 17.6. The third-order valence-electron chi connectivity index (χ3n) is 4.30. The van der Waals surface area contributed by atoms with Crippen molar-refractivity contribution in [3.8, 4) is 11.5 Å². The molecule has 4 rings (SSSR count). The number of methoxy groups -OCH3 is 1. The third-order valence-corrected chi connectivity index (χ3v) is 5.60. The molecule has 3 aromatic rings. The average molecular weight is 393 g/mol. The van der Waals surface area contributed by atoms with Gasteiger partial charge in [-0.15, -0.1) is 0 Å². The van der Waals surface area contributed by atoms with E-state index in [9.17, 15) is 9.90 Å². The SMILES string of the molecule is COc1cc(/C=C2\SC(=S)N(c3cccc4ccccc34)C2=O)ccc1O. The topological polar surface area (TPSA) is 49.8 Å². The van der Waals surface area contributed by atoms with Crippen molar-refractivity contribution in [2.75, 3.05) is 12.0 Å². The standard InChI is InChI=1S/C21H15NO3S2/c1-25-18-11-13(9-10-17(18)23)12-19-20(24)22(21(26)27-19)16-8-4-6-14-5-2-3-7-15(14)16/h2-12,23H,1H3/b19-12-. The smallest absolute Gasteiger partial charge is 0.270 e. The van der Waals surface area contributed by atoms with Crippen LogP contribution in [0.1, 0.15) is 5.56 Å². The van der Waals surface area contributed by atoms with Gasteiger partial charge in [0.2, 0.25) is 0 Å². The number of hydrogen-bond acceptors (Lipinski definition) is 5. The molecule has 3 aromatic carbocycles. The van der Waals surface area contributed by atoms with Gasteiger partial charge >= 0.3 is 0 Å². The van der Waals surface area contributed by atoms with E-state index in [0.29, 0.717) is 15.0 Å². The van der Waals surface area contributed by atoms with Gasteiger partial charge in [0.25, 0.3) is 5.91 Å². The molecular weight excluding hydrogens is 378 g/mol. The highest BCUT2D eigenvalue weighted by Crippen LogP contribution is 2.39. The molecule has 0 saturated carbocycles. The van der Waals surface area contributed by atoms with Gasteiger partial charge in [-0.3, -0.25) is 9.69 Å². The molecule has 6 heteroatoms. The fourth-order valence-electron chi connectivity index (χ4n) is 3.01. The van der Waals surface area contributed by atoms with E-state index in [1.165, 1.54) is 24.9 Å². The van der Waals surface area contributed by atoms with E-state index in [2.05, 4.69) is 0 Å². The number of carbonyl (C=O) groups excluding carboxylic acids is 1. The van der Waals surface area contributed by atoms with Crippen molar-refractivity contribution in [2.45, 2.75) is 0 Å². The number of thioether (sulfide) groups is 1. The molecule has 1 saturated heterocycles. The summed E-state index contributed by atoms with van der Waals surface area (Å²) >= 11 is 6.75. The molecule has 0 aromatic heterocycles. The molecule has 27 heavy (non-hydrogen) atoms. The number of hydrogen-bond donors (Lipinski definition) is 1. The first-order chi connectivity index (χ1) is 13.1. The molecule has 1 aliphatic rings. The number of rotatable bonds is 3. The summed E-state index contributed by atoms with van der Waals surface area (Å²) in [6.45, 7) is 0. The van der Waals surface area contributed by atoms with Gasteiger partial charge in [-0.05, 0) is 35.2 Å². The van der Waals surface area contributed by atoms with Crippen molar-refractivity contribution in [1.29, 1.82) is 0 Å². The summed E-state index contributed by atoms with van der Waals surface area (Å²) in [6.07, 6.45) is 1.76. The fourth-order valence-corrected chi connectivity index (χ4v) is 4.30. The number of phenolic OH excluding ortho intramolecular Hbond substituents is 1. The zero-order chi connectivity index (χ0) is 19.0. The second-order valence-electron chi connectivity index (χ2n) is 5.95. The lowest BCUT2D eigenvalue weighted by Crippen LogP contribution is -2.27. The number of thiocarbonyl (C=S) groups is 1. The summed E-state index contributed by atoms with van der Waals surface area (Å²) in [6, 6.07) is 18.7. The summed E-state index contributed by atoms with van der Waals surface area (Å²) in [7, 11) is 1.48. The number of benzene rings is 3. The Kier molecular flexibility index (Phi) is 4.59. The summed E-state index contributed by atoms with van der Waals surface area (Å²) in [4.78, 5) is 15.2. The van der Waals surface area contributed by atoms with Gasteiger partial charge < -0.3 is 9.84 Å². The molecule has 0 radical (unpaired) electrons. The van der Waals surface area contributed by atoms with Crippen LogP contribution in [0.25, 0.3) is 16.8 Å². The Balaban J connectivity index is 1.74. The summed E-state index contributed by atoms with van der Waals surface area (Å²) in [5.74, 6) is 0.250. The Bertz CT molecular complexity index is 1100. The van der Waals surface area contributed by atoms with Crippen molar-refractivity contribution in [3.63, 3.8) is 0 Å². The molecule has 1 heterocycles. The van der Waals surface area contributed by atoms with Crippen LogP contribution in [0.3, 0.4) is 0 Å². The highest BCUT2D eigenvalue weighted by molar-refractivity contribution is 8.27. The van der Waals surface area contributed by atoms with Crippen LogP contribution in [0.15, 0.2) is 65.6 Å². The highest BCUT2D eigenvalue weighted by atomic mass is 32.2. The van der Waals surface area contributed by atoms with Crippen LogP contribution in [-0.2, 0) is 4.79 Å². The Morgan fingerprint density at radius 3 is 2.70 bits per heavy atom. The number of phenols is 1. The first-order valence-electron chi connectivity index (χ1n) is 8.21. The predicted octanol–water partition coefficient (Wildman–Crippen LogP) is 4.96. The van der Waals surface area contributed by atoms with Crippen LogP contribution in [0.5, 0.6) is 11.5 Å². The predicted molar refractivity (Wildman–Crippen MR) is 114 cm³/mol. The van der Waals surface area contributed by atoms with Crippen molar-refractivity contribution < 1.29 is 14.6 Å². The maximum atomic E-state index is 13.1. The number of fused-ring (bicyclic) bond motifs is 1. The zero-order valence-electron chi connectivity index (χ0n) is 14.4. The van der Waals surface area contributed by atoms with Crippen LogP contribution >= 0.6 is 24.0 Å². The molecule has 0 bridgehead atoms. The van der Waals surface area contributed by atoms with E-state index in [-0.39, 0.29) is 11.7 Å². The molecule has 0 atom stereocenters. The lowest BCUT2D eigenvalue weighted by molar-refractivity contribution is -0.113. The third kappa shape index (κ3) is 3.18. The Morgan fingerprint density at radius 1 is 1.11 bits per heavy atom. The molecule has 0 aliphatic carbocycles. The van der Waals surface area contributed by atoms with Gasteiger partial charge in [-0.1, -0.05) is 66.4 Å². The second-order valence-corrected chi connectivity index (χ2v) is 7.62. The number of carbonyl (C=O) groups is 1. The minimum absolute atomic E-state index is 0.0537. The molecule has 0 unspecified atom stereocenters. The van der Waals surface area contributed by atoms with Crippen LogP contribution in [0.4, 0.5) is 5.69 Å². The van der Waals surface area contributed by atoms with Crippen LogP contribution < -0.4 is 9.64 Å². The minimum atomic E-state index is -0.159. The number of nitrogens with zero attached hydrogens (tertiary/aromatic N) is 1. The van der Waals surface area contributed by atoms with E-state index < -0.39 is 0 Å². The Morgan fingerprint density at radius 2 is 1.89 bits per heavy atom. The van der Waals surface area contributed by atoms with E-state index >= 15 is 0 Å². The molecule has 0 spiro atoms. The van der Waals surface area contributed by atoms with Crippen molar-refractivity contribution >= 4 is 56.7 Å². The molecular formula is C21H15NO3S2. The Hall–Kier alpha value is -2.83. The quantitative estimate of drug-likeness (QED) is 0.503. The molecule has 134 valence electrons. The van der Waals surface area contributed by atoms with Crippen molar-refractivity contribution in [2.24, 2.45) is 0 Å². The van der Waals surface area contributed by atoms with Gasteiger partial charge in [0.15, 0.2) is 15.8 Å². The Labute approximate surface area is 166 Å². The minimum Gasteiger partial charge on any atom is -0.504 e. The first-order valence-corrected chi connectivity index (χ1v) is 9.43. The van der Waals surface area contributed by atoms with Crippen LogP contribution in [0, 0.1) is 0 Å². The van der Waals surface area contributed by atoms with E-state index in [0.717, 1.165) is 22.0 Å². The van der Waals surface area contributed by atoms with Gasteiger partial charge in [-0.2, -0.15) is 0 Å². The zero-order valence-corrected chi connectivity index (χ0v) is 16.0. The van der Waals surface area contributed by atoms with Gasteiger partial charge in [0, 0.05) is 5.39 Å². The van der Waals surface area contributed by atoms with Crippen LogP contribution in [-0.4, -0.2) is 22.4 Å². The summed E-state index contributed by atoms with van der Waals surface area (Å²) in [5.41, 5.74) is 1.53. The lowest BCUT2D eigenvalue weighted by atomic mass is 10.1. The number of amides is 1. The van der Waals surface area contributed by atoms with Gasteiger partial charge in [-0.25, -0.2) is 0 Å². The van der Waals surface area contributed by atoms with Crippen molar-refractivity contribution in [3.05, 3.63) is 71.1 Å². The number of ether oxygens (including phenoxy) is 1. The normalized spacial score (nSPS) is 15.7. The maximum absolute atomic E-state index is 13.1. The highest BCUT2D eigenvalue weighted by Gasteiger charge is 2.34. The fraction of sp³-hybridized carbons (Fsp3) is 0.0476. The molecule has 1 amide bonds. The monoisotopic (exact) mass is 393 g/mol. The van der Waals surface area contributed by atoms with E-state index in [4.69, 9.17) is 17.0 Å². The van der Waals surface area contributed by atoms with Gasteiger partial charge in [0.05, 0.1) is 17.7 Å². The second kappa shape index (κ2) is 7.06. The molecule has 1 aliphatic heterocycles. The van der Waals surface area contributed by atoms with E-state index in [1.54, 1.807) is 23.1 Å². The molecule has 4 nitrogen and oxygen atoms in total. The molecule has 1 fully saturated rings. The summed E-state index contributed by atoms with van der Waals surface area (Å²) < 4.78 is 5.62. The summed E-state index contributed by atoms with van der Waals surface area (Å²) in [5, 5.41) is 11.8. The largest absolute Gasteiger partial charge is 0.504 e. The van der Waals surface area contributed by atoms with Crippen molar-refractivity contribution in [1.82, 2.24) is 0 Å². The van der Waals surface area contributed by atoms with Crippen LogP contribution in [0.2, 0.25) is 0 Å². The van der Waals surface area contributed by atoms with Gasteiger partial charge in [0.1, 0.15) is 0 Å². The average Bonchev–Trinajstić information content (AvgIpc) is 2.96. The molecule has 1 N–H and O–H groups in total. The van der Waals surface area contributed by atoms with E-state index in [1.807, 2.05) is 42.5 Å². The lowest BCUT2D eigenvalue weighted by Gasteiger charge is -2.17.